The SMILES string of the molecule is CC(=O)Nc1nc(-c2ccc(S(=O)(=O)CCNC(N(C(=O)O)C(C)(C)C)N(C(=O)O)C(C)(C)C)cc2)cs1. The summed E-state index contributed by atoms with van der Waals surface area (Å²) < 4.78 is 26.1. The molecule has 12 nitrogen and oxygen atoms in total. The fourth-order valence-electron chi connectivity index (χ4n) is 3.70. The minimum absolute atomic E-state index is 0.0498. The number of hydrogen-bond donors (Lipinski definition) is 4. The summed E-state index contributed by atoms with van der Waals surface area (Å²) in [5, 5.41) is 27.4. The zero-order chi connectivity index (χ0) is 29.1. The van der Waals surface area contributed by atoms with Gasteiger partial charge in [0.1, 0.15) is 0 Å². The topological polar surface area (TPSA) is 169 Å². The molecule has 210 valence electrons. The van der Waals surface area contributed by atoms with Crippen LogP contribution in [-0.4, -0.2) is 81.2 Å². The Kier molecular flexibility index (Phi) is 9.51. The lowest BCUT2D eigenvalue weighted by Crippen LogP contribution is -2.68. The number of thiazole rings is 1. The van der Waals surface area contributed by atoms with Crippen molar-refractivity contribution in [1.82, 2.24) is 20.1 Å². The van der Waals surface area contributed by atoms with Gasteiger partial charge in [0.25, 0.3) is 0 Å². The number of carbonyl (C=O) groups excluding carboxylic acids is 1. The highest BCUT2D eigenvalue weighted by molar-refractivity contribution is 7.91. The number of hydrogen-bond acceptors (Lipinski definition) is 8. The van der Waals surface area contributed by atoms with Gasteiger partial charge in [0.2, 0.25) is 5.91 Å². The highest BCUT2D eigenvalue weighted by Crippen LogP contribution is 2.27. The van der Waals surface area contributed by atoms with Crippen LogP contribution in [0.2, 0.25) is 0 Å². The Morgan fingerprint density at radius 1 is 0.974 bits per heavy atom. The molecular weight excluding hydrogens is 534 g/mol. The van der Waals surface area contributed by atoms with E-state index in [-0.39, 0.29) is 17.3 Å². The Morgan fingerprint density at radius 3 is 1.89 bits per heavy atom. The fourth-order valence-corrected chi connectivity index (χ4v) is 5.64. The number of amides is 3. The summed E-state index contributed by atoms with van der Waals surface area (Å²) in [4.78, 5) is 41.8. The molecule has 0 unspecified atom stereocenters. The number of carboxylic acid groups (broad SMARTS) is 2. The van der Waals surface area contributed by atoms with E-state index in [0.29, 0.717) is 16.4 Å². The van der Waals surface area contributed by atoms with Crippen molar-refractivity contribution in [3.05, 3.63) is 29.6 Å². The van der Waals surface area contributed by atoms with E-state index in [1.54, 1.807) is 59.1 Å². The van der Waals surface area contributed by atoms with E-state index in [1.165, 1.54) is 30.4 Å². The molecule has 3 amide bonds. The summed E-state index contributed by atoms with van der Waals surface area (Å²) in [6.07, 6.45) is -4.05. The molecule has 1 aromatic carbocycles. The van der Waals surface area contributed by atoms with Crippen LogP contribution in [-0.2, 0) is 14.6 Å². The zero-order valence-electron chi connectivity index (χ0n) is 22.5. The summed E-state index contributed by atoms with van der Waals surface area (Å²) in [6.45, 7) is 10.9. The molecule has 0 bridgehead atoms. The third kappa shape index (κ3) is 7.88. The van der Waals surface area contributed by atoms with Gasteiger partial charge in [-0.3, -0.25) is 19.9 Å². The Morgan fingerprint density at radius 2 is 1.47 bits per heavy atom. The average molecular weight is 570 g/mol. The maximum atomic E-state index is 13.0. The molecule has 1 heterocycles. The number of nitrogens with zero attached hydrogens (tertiary/aromatic N) is 3. The number of sulfone groups is 1. The monoisotopic (exact) mass is 569 g/mol. The first-order valence-corrected chi connectivity index (χ1v) is 14.2. The van der Waals surface area contributed by atoms with Crippen LogP contribution in [0, 0.1) is 0 Å². The van der Waals surface area contributed by atoms with E-state index >= 15 is 0 Å². The predicted molar refractivity (Wildman–Crippen MR) is 145 cm³/mol. The second kappa shape index (κ2) is 11.7. The van der Waals surface area contributed by atoms with E-state index < -0.39 is 45.1 Å². The van der Waals surface area contributed by atoms with E-state index in [0.717, 1.165) is 9.80 Å². The number of nitrogens with one attached hydrogen (secondary N) is 2. The normalized spacial score (nSPS) is 12.3. The number of rotatable bonds is 9. The number of carbonyl (C=O) groups is 3. The first-order valence-electron chi connectivity index (χ1n) is 11.7. The number of benzene rings is 1. The minimum atomic E-state index is -3.80. The predicted octanol–water partition coefficient (Wildman–Crippen LogP) is 3.97. The summed E-state index contributed by atoms with van der Waals surface area (Å²) in [7, 11) is -3.80. The Hall–Kier alpha value is -3.23. The van der Waals surface area contributed by atoms with Crippen LogP contribution in [0.5, 0.6) is 0 Å². The van der Waals surface area contributed by atoms with E-state index in [2.05, 4.69) is 15.6 Å². The van der Waals surface area contributed by atoms with Crippen LogP contribution in [0.25, 0.3) is 11.3 Å². The molecule has 0 aliphatic rings. The summed E-state index contributed by atoms with van der Waals surface area (Å²) in [5.74, 6) is -0.646. The van der Waals surface area contributed by atoms with Crippen molar-refractivity contribution in [3.8, 4) is 11.3 Å². The van der Waals surface area contributed by atoms with Gasteiger partial charge in [0.05, 0.1) is 16.3 Å². The van der Waals surface area contributed by atoms with Crippen LogP contribution >= 0.6 is 11.3 Å². The van der Waals surface area contributed by atoms with E-state index in [9.17, 15) is 33.0 Å². The van der Waals surface area contributed by atoms with Gasteiger partial charge in [-0.25, -0.2) is 23.0 Å². The molecule has 0 radical (unpaired) electrons. The Labute approximate surface area is 226 Å². The molecule has 14 heteroatoms. The molecular formula is C24H35N5O7S2. The molecule has 2 aromatic rings. The molecule has 38 heavy (non-hydrogen) atoms. The molecule has 2 rings (SSSR count). The van der Waals surface area contributed by atoms with E-state index in [4.69, 9.17) is 0 Å². The highest BCUT2D eigenvalue weighted by Gasteiger charge is 2.43. The van der Waals surface area contributed by atoms with Crippen LogP contribution in [0.1, 0.15) is 48.5 Å². The second-order valence-electron chi connectivity index (χ2n) is 10.5. The second-order valence-corrected chi connectivity index (χ2v) is 13.5. The molecule has 0 atom stereocenters. The standard InChI is InChI=1S/C24H35N5O7S2/c1-15(30)26-19-27-18(14-37-19)16-8-10-17(11-9-16)38(35,36)13-12-25-20(28(21(31)32)23(2,3)4)29(22(33)34)24(5,6)7/h8-11,14,20,25H,12-13H2,1-7H3,(H,31,32)(H,33,34)(H,26,27,30). The molecule has 0 aliphatic heterocycles. The minimum Gasteiger partial charge on any atom is -0.465 e. The van der Waals surface area contributed by atoms with Gasteiger partial charge in [0, 0.05) is 35.5 Å². The largest absolute Gasteiger partial charge is 0.465 e. The van der Waals surface area contributed by atoms with Gasteiger partial charge in [-0.2, -0.15) is 0 Å². The molecule has 0 spiro atoms. The van der Waals surface area contributed by atoms with Gasteiger partial charge >= 0.3 is 12.2 Å². The number of anilines is 1. The molecule has 0 saturated heterocycles. The van der Waals surface area contributed by atoms with Crippen molar-refractivity contribution < 1.29 is 33.0 Å². The lowest BCUT2D eigenvalue weighted by atomic mass is 10.0. The van der Waals surface area contributed by atoms with Gasteiger partial charge < -0.3 is 15.5 Å². The lowest BCUT2D eigenvalue weighted by Gasteiger charge is -2.48. The van der Waals surface area contributed by atoms with Crippen LogP contribution in [0.4, 0.5) is 14.7 Å². The first kappa shape index (κ1) is 31.0. The summed E-state index contributed by atoms with van der Waals surface area (Å²) >= 11 is 1.25. The lowest BCUT2D eigenvalue weighted by molar-refractivity contribution is -0.114. The summed E-state index contributed by atoms with van der Waals surface area (Å²) in [6, 6.07) is 6.09. The van der Waals surface area contributed by atoms with Crippen molar-refractivity contribution in [2.45, 2.75) is 70.7 Å². The average Bonchev–Trinajstić information content (AvgIpc) is 3.18. The van der Waals surface area contributed by atoms with Crippen molar-refractivity contribution in [2.75, 3.05) is 17.6 Å². The molecule has 0 fully saturated rings. The maximum Gasteiger partial charge on any atom is 0.410 e. The first-order chi connectivity index (χ1) is 17.3. The molecule has 4 N–H and O–H groups in total. The molecule has 0 aliphatic carbocycles. The quantitative estimate of drug-likeness (QED) is 0.326. The maximum absolute atomic E-state index is 13.0. The third-order valence-corrected chi connectivity index (χ3v) is 7.83. The van der Waals surface area contributed by atoms with Crippen molar-refractivity contribution >= 4 is 44.4 Å². The fraction of sp³-hybridized carbons (Fsp3) is 0.500. The zero-order valence-corrected chi connectivity index (χ0v) is 24.1. The van der Waals surface area contributed by atoms with Gasteiger partial charge in [-0.15, -0.1) is 11.3 Å². The van der Waals surface area contributed by atoms with Crippen LogP contribution in [0.3, 0.4) is 0 Å². The van der Waals surface area contributed by atoms with Crippen molar-refractivity contribution in [3.63, 3.8) is 0 Å². The Balaban J connectivity index is 2.24. The van der Waals surface area contributed by atoms with Crippen LogP contribution in [0.15, 0.2) is 34.5 Å². The Bertz CT molecular complexity index is 1230. The third-order valence-electron chi connectivity index (χ3n) is 5.34. The van der Waals surface area contributed by atoms with Crippen molar-refractivity contribution in [1.29, 1.82) is 0 Å². The highest BCUT2D eigenvalue weighted by atomic mass is 32.2. The van der Waals surface area contributed by atoms with Gasteiger partial charge in [-0.1, -0.05) is 12.1 Å². The van der Waals surface area contributed by atoms with Crippen LogP contribution < -0.4 is 10.6 Å². The van der Waals surface area contributed by atoms with Crippen molar-refractivity contribution in [2.24, 2.45) is 0 Å². The van der Waals surface area contributed by atoms with Gasteiger partial charge in [-0.05, 0) is 53.7 Å². The summed E-state index contributed by atoms with van der Waals surface area (Å²) in [5.41, 5.74) is -0.738. The number of aromatic nitrogens is 1. The van der Waals surface area contributed by atoms with Gasteiger partial charge in [0.15, 0.2) is 21.3 Å². The molecule has 0 saturated carbocycles. The van der Waals surface area contributed by atoms with E-state index in [1.807, 2.05) is 0 Å². The molecule has 1 aromatic heterocycles. The smallest absolute Gasteiger partial charge is 0.410 e.